The van der Waals surface area contributed by atoms with E-state index in [4.69, 9.17) is 10.2 Å². The Balaban J connectivity index is 1.97. The minimum atomic E-state index is -0.287. The Morgan fingerprint density at radius 2 is 1.87 bits per heavy atom. The molecule has 3 heterocycles. The van der Waals surface area contributed by atoms with Gasteiger partial charge < -0.3 is 10.4 Å². The molecule has 0 unspecified atom stereocenters. The summed E-state index contributed by atoms with van der Waals surface area (Å²) in [6.07, 6.45) is 1.72. The van der Waals surface area contributed by atoms with Gasteiger partial charge >= 0.3 is 0 Å². The van der Waals surface area contributed by atoms with Gasteiger partial charge in [-0.3, -0.25) is 9.59 Å². The molecule has 0 saturated heterocycles. The topological polar surface area (TPSA) is 102 Å². The van der Waals surface area contributed by atoms with Crippen molar-refractivity contribution in [1.82, 2.24) is 24.7 Å². The Morgan fingerprint density at radius 3 is 2.58 bits per heavy atom. The van der Waals surface area contributed by atoms with Crippen LogP contribution in [0.4, 0.5) is 0 Å². The minimum absolute atomic E-state index is 0.103. The Morgan fingerprint density at radius 1 is 1.10 bits per heavy atom. The molecule has 1 aromatic carbocycles. The van der Waals surface area contributed by atoms with Crippen molar-refractivity contribution >= 4 is 11.4 Å². The maximum absolute atomic E-state index is 12.4. The zero-order valence-corrected chi connectivity index (χ0v) is 17.3. The van der Waals surface area contributed by atoms with Crippen molar-refractivity contribution < 1.29 is 9.90 Å². The molecule has 0 aliphatic heterocycles. The Bertz CT molecular complexity index is 1290. The van der Waals surface area contributed by atoms with Crippen molar-refractivity contribution in [2.75, 3.05) is 13.2 Å². The molecule has 31 heavy (non-hydrogen) atoms. The number of pyridine rings is 1. The molecule has 4 aromatic rings. The summed E-state index contributed by atoms with van der Waals surface area (Å²) < 4.78 is 3.14. The molecule has 0 bridgehead atoms. The van der Waals surface area contributed by atoms with Crippen LogP contribution in [0.15, 0.2) is 65.6 Å². The number of benzene rings is 1. The van der Waals surface area contributed by atoms with E-state index in [9.17, 15) is 9.59 Å². The molecule has 158 valence electrons. The predicted molar refractivity (Wildman–Crippen MR) is 118 cm³/mol. The quantitative estimate of drug-likeness (QED) is 0.502. The Hall–Kier alpha value is -3.78. The molecule has 8 nitrogen and oxygen atoms in total. The van der Waals surface area contributed by atoms with Crippen LogP contribution in [-0.4, -0.2) is 43.6 Å². The first-order chi connectivity index (χ1) is 15.0. The first-order valence-corrected chi connectivity index (χ1v) is 10.1. The average Bonchev–Trinajstić information content (AvgIpc) is 3.17. The van der Waals surface area contributed by atoms with E-state index in [1.54, 1.807) is 28.9 Å². The smallest absolute Gasteiger partial charge is 0.267 e. The van der Waals surface area contributed by atoms with E-state index in [2.05, 4.69) is 10.4 Å². The predicted octanol–water partition coefficient (Wildman–Crippen LogP) is 2.53. The standard InChI is InChI=1S/C23H23N5O3/c1-15(2)28-20(30)9-8-18(25-28)21-19-14-17(23(31)24-11-13-29)10-12-27(19)26-22(21)16-6-4-3-5-7-16/h3-10,12,14-15,29H,11,13H2,1-2H3,(H,24,31). The van der Waals surface area contributed by atoms with Crippen LogP contribution in [0.1, 0.15) is 30.2 Å². The normalized spacial score (nSPS) is 11.2. The van der Waals surface area contributed by atoms with Gasteiger partial charge in [0, 0.05) is 29.9 Å². The number of aliphatic hydroxyl groups is 1. The molecule has 0 aliphatic rings. The molecule has 8 heteroatoms. The van der Waals surface area contributed by atoms with Crippen molar-refractivity contribution in [3.8, 4) is 22.5 Å². The van der Waals surface area contributed by atoms with Gasteiger partial charge in [0.25, 0.3) is 11.5 Å². The lowest BCUT2D eigenvalue weighted by Gasteiger charge is -2.11. The van der Waals surface area contributed by atoms with Crippen molar-refractivity contribution in [3.05, 3.63) is 76.7 Å². The lowest BCUT2D eigenvalue weighted by Crippen LogP contribution is -2.26. The molecule has 2 N–H and O–H groups in total. The van der Waals surface area contributed by atoms with Gasteiger partial charge in [0.1, 0.15) is 5.69 Å². The molecular formula is C23H23N5O3. The fraction of sp³-hybridized carbons (Fsp3) is 0.217. The number of rotatable bonds is 6. The number of carbonyl (C=O) groups is 1. The number of nitrogens with zero attached hydrogens (tertiary/aromatic N) is 4. The van der Waals surface area contributed by atoms with Crippen LogP contribution in [0.5, 0.6) is 0 Å². The summed E-state index contributed by atoms with van der Waals surface area (Å²) in [6, 6.07) is 16.2. The van der Waals surface area contributed by atoms with Crippen LogP contribution in [0.3, 0.4) is 0 Å². The number of aliphatic hydroxyl groups excluding tert-OH is 1. The van der Waals surface area contributed by atoms with E-state index in [-0.39, 0.29) is 30.7 Å². The summed E-state index contributed by atoms with van der Waals surface area (Å²) in [4.78, 5) is 24.7. The maximum Gasteiger partial charge on any atom is 0.267 e. The number of fused-ring (bicyclic) bond motifs is 1. The Labute approximate surface area is 178 Å². The molecule has 0 spiro atoms. The summed E-state index contributed by atoms with van der Waals surface area (Å²) in [5.74, 6) is -0.287. The number of aromatic nitrogens is 4. The first-order valence-electron chi connectivity index (χ1n) is 10.1. The third kappa shape index (κ3) is 3.97. The molecule has 0 fully saturated rings. The Kier molecular flexibility index (Phi) is 5.64. The molecule has 0 aliphatic carbocycles. The van der Waals surface area contributed by atoms with Gasteiger partial charge in [-0.2, -0.15) is 10.2 Å². The summed E-state index contributed by atoms with van der Waals surface area (Å²) >= 11 is 0. The molecule has 0 atom stereocenters. The molecule has 4 rings (SSSR count). The second-order valence-electron chi connectivity index (χ2n) is 7.41. The SMILES string of the molecule is CC(C)n1nc(-c2c(-c3ccccc3)nn3ccc(C(=O)NCCO)cc23)ccc1=O. The van der Waals surface area contributed by atoms with E-state index in [1.165, 1.54) is 10.7 Å². The first kappa shape index (κ1) is 20.5. The zero-order valence-electron chi connectivity index (χ0n) is 17.3. The highest BCUT2D eigenvalue weighted by atomic mass is 16.3. The van der Waals surface area contributed by atoms with Crippen LogP contribution in [0, 0.1) is 0 Å². The highest BCUT2D eigenvalue weighted by Crippen LogP contribution is 2.34. The van der Waals surface area contributed by atoms with Crippen LogP contribution >= 0.6 is 0 Å². The number of hydrogen-bond donors (Lipinski definition) is 2. The van der Waals surface area contributed by atoms with Crippen LogP contribution in [0.25, 0.3) is 28.0 Å². The van der Waals surface area contributed by atoms with Gasteiger partial charge in [-0.15, -0.1) is 0 Å². The van der Waals surface area contributed by atoms with Gasteiger partial charge in [-0.25, -0.2) is 9.20 Å². The summed E-state index contributed by atoms with van der Waals surface area (Å²) in [6.45, 7) is 3.84. The van der Waals surface area contributed by atoms with Crippen LogP contribution < -0.4 is 10.9 Å². The minimum Gasteiger partial charge on any atom is -0.395 e. The van der Waals surface area contributed by atoms with Gasteiger partial charge in [0.15, 0.2) is 0 Å². The maximum atomic E-state index is 12.4. The van der Waals surface area contributed by atoms with Crippen molar-refractivity contribution in [2.24, 2.45) is 0 Å². The largest absolute Gasteiger partial charge is 0.395 e. The molecule has 1 amide bonds. The molecule has 0 radical (unpaired) electrons. The molecule has 0 saturated carbocycles. The lowest BCUT2D eigenvalue weighted by molar-refractivity contribution is 0.0945. The van der Waals surface area contributed by atoms with Gasteiger partial charge in [0.2, 0.25) is 0 Å². The zero-order chi connectivity index (χ0) is 22.0. The number of amides is 1. The van der Waals surface area contributed by atoms with E-state index >= 15 is 0 Å². The summed E-state index contributed by atoms with van der Waals surface area (Å²) in [7, 11) is 0. The van der Waals surface area contributed by atoms with Crippen LogP contribution in [0.2, 0.25) is 0 Å². The third-order valence-electron chi connectivity index (χ3n) is 4.91. The van der Waals surface area contributed by atoms with Gasteiger partial charge in [-0.05, 0) is 32.0 Å². The molecular weight excluding hydrogens is 394 g/mol. The van der Waals surface area contributed by atoms with Crippen molar-refractivity contribution in [2.45, 2.75) is 19.9 Å². The summed E-state index contributed by atoms with van der Waals surface area (Å²) in [5, 5.41) is 21.0. The van der Waals surface area contributed by atoms with Gasteiger partial charge in [0.05, 0.1) is 29.4 Å². The van der Waals surface area contributed by atoms with E-state index in [0.717, 1.165) is 11.1 Å². The second kappa shape index (κ2) is 8.53. The number of carbonyl (C=O) groups excluding carboxylic acids is 1. The van der Waals surface area contributed by atoms with Gasteiger partial charge in [-0.1, -0.05) is 30.3 Å². The monoisotopic (exact) mass is 417 g/mol. The van der Waals surface area contributed by atoms with Crippen molar-refractivity contribution in [3.63, 3.8) is 0 Å². The van der Waals surface area contributed by atoms with Crippen LogP contribution in [-0.2, 0) is 0 Å². The highest BCUT2D eigenvalue weighted by molar-refractivity contribution is 5.98. The van der Waals surface area contributed by atoms with E-state index in [0.29, 0.717) is 22.5 Å². The third-order valence-corrected chi connectivity index (χ3v) is 4.91. The number of hydrogen-bond acceptors (Lipinski definition) is 5. The fourth-order valence-electron chi connectivity index (χ4n) is 3.44. The number of nitrogens with one attached hydrogen (secondary N) is 1. The summed E-state index contributed by atoms with van der Waals surface area (Å²) in [5.41, 5.74) is 3.88. The highest BCUT2D eigenvalue weighted by Gasteiger charge is 2.20. The van der Waals surface area contributed by atoms with E-state index < -0.39 is 0 Å². The average molecular weight is 417 g/mol. The van der Waals surface area contributed by atoms with E-state index in [1.807, 2.05) is 44.2 Å². The van der Waals surface area contributed by atoms with Crippen molar-refractivity contribution in [1.29, 1.82) is 0 Å². The molecule has 3 aromatic heterocycles. The fourth-order valence-corrected chi connectivity index (χ4v) is 3.44. The lowest BCUT2D eigenvalue weighted by atomic mass is 10.0. The second-order valence-corrected chi connectivity index (χ2v) is 7.41.